The van der Waals surface area contributed by atoms with E-state index in [2.05, 4.69) is 4.90 Å². The second kappa shape index (κ2) is 5.48. The molecule has 1 spiro atoms. The van der Waals surface area contributed by atoms with Crippen LogP contribution in [0.15, 0.2) is 0 Å². The fourth-order valence-corrected chi connectivity index (χ4v) is 3.35. The number of rotatable bonds is 2. The van der Waals surface area contributed by atoms with Crippen LogP contribution in [0.3, 0.4) is 0 Å². The lowest BCUT2D eigenvalue weighted by Gasteiger charge is -2.38. The topological polar surface area (TPSA) is 48.0 Å². The summed E-state index contributed by atoms with van der Waals surface area (Å²) in [5.41, 5.74) is -0.195. The van der Waals surface area contributed by atoms with Crippen molar-refractivity contribution in [3.63, 3.8) is 0 Å². The third kappa shape index (κ3) is 2.84. The van der Waals surface area contributed by atoms with Crippen molar-refractivity contribution in [3.05, 3.63) is 0 Å². The van der Waals surface area contributed by atoms with Crippen molar-refractivity contribution in [1.82, 2.24) is 4.90 Å². The molecule has 108 valence electrons. The third-order valence-corrected chi connectivity index (χ3v) is 4.55. The molecule has 3 atom stereocenters. The molecule has 3 rings (SSSR count). The average Bonchev–Trinajstić information content (AvgIpc) is 2.86. The highest BCUT2D eigenvalue weighted by Gasteiger charge is 2.44. The first-order valence-corrected chi connectivity index (χ1v) is 7.24. The molecule has 0 bridgehead atoms. The minimum absolute atomic E-state index is 0.0759. The SMILES string of the molecule is CN1CCOC(C(=O)C2CCOC3(CCOC3)C2)C1. The molecular formula is C14H23NO4. The van der Waals surface area contributed by atoms with Crippen LogP contribution in [0.25, 0.3) is 0 Å². The molecule has 0 N–H and O–H groups in total. The molecule has 0 aromatic heterocycles. The van der Waals surface area contributed by atoms with Crippen molar-refractivity contribution in [2.75, 3.05) is 46.6 Å². The van der Waals surface area contributed by atoms with E-state index in [9.17, 15) is 4.79 Å². The first kappa shape index (κ1) is 13.5. The molecule has 0 aliphatic carbocycles. The Morgan fingerprint density at radius 3 is 2.95 bits per heavy atom. The minimum atomic E-state index is -0.249. The van der Waals surface area contributed by atoms with Crippen LogP contribution in [0, 0.1) is 5.92 Å². The standard InChI is InChI=1S/C14H23NO4/c1-15-4-7-18-12(9-15)13(16)11-2-5-19-14(8-11)3-6-17-10-14/h11-12H,2-10H2,1H3. The molecule has 3 aliphatic rings. The zero-order valence-electron chi connectivity index (χ0n) is 11.6. The van der Waals surface area contributed by atoms with Gasteiger partial charge in [-0.1, -0.05) is 0 Å². The Kier molecular flexibility index (Phi) is 3.89. The van der Waals surface area contributed by atoms with Gasteiger partial charge in [0.15, 0.2) is 5.78 Å². The third-order valence-electron chi connectivity index (χ3n) is 4.55. The van der Waals surface area contributed by atoms with Crippen molar-refractivity contribution in [1.29, 1.82) is 0 Å². The second-order valence-electron chi connectivity index (χ2n) is 6.05. The maximum atomic E-state index is 12.6. The number of morpholine rings is 1. The molecule has 3 aliphatic heterocycles. The number of Topliss-reactive ketones (excluding diaryl/α,β-unsaturated/α-hetero) is 1. The lowest BCUT2D eigenvalue weighted by atomic mass is 9.81. The molecule has 0 radical (unpaired) electrons. The van der Waals surface area contributed by atoms with Gasteiger partial charge in [-0.25, -0.2) is 0 Å². The van der Waals surface area contributed by atoms with Crippen molar-refractivity contribution < 1.29 is 19.0 Å². The molecule has 3 heterocycles. The molecule has 0 amide bonds. The number of ether oxygens (including phenoxy) is 3. The summed E-state index contributed by atoms with van der Waals surface area (Å²) in [4.78, 5) is 14.8. The lowest BCUT2D eigenvalue weighted by Crippen LogP contribution is -2.49. The summed E-state index contributed by atoms with van der Waals surface area (Å²) in [5, 5.41) is 0. The monoisotopic (exact) mass is 269 g/mol. The average molecular weight is 269 g/mol. The summed E-state index contributed by atoms with van der Waals surface area (Å²) >= 11 is 0. The van der Waals surface area contributed by atoms with Gasteiger partial charge < -0.3 is 19.1 Å². The van der Waals surface area contributed by atoms with Crippen LogP contribution < -0.4 is 0 Å². The number of hydrogen-bond donors (Lipinski definition) is 0. The van der Waals surface area contributed by atoms with E-state index in [-0.39, 0.29) is 23.4 Å². The van der Waals surface area contributed by atoms with E-state index in [1.165, 1.54) is 0 Å². The Balaban J connectivity index is 1.62. The van der Waals surface area contributed by atoms with Gasteiger partial charge in [0.25, 0.3) is 0 Å². The fourth-order valence-electron chi connectivity index (χ4n) is 3.35. The van der Waals surface area contributed by atoms with Gasteiger partial charge in [-0.3, -0.25) is 4.79 Å². The van der Waals surface area contributed by atoms with Gasteiger partial charge in [0.05, 0.1) is 18.8 Å². The Hall–Kier alpha value is -0.490. The predicted molar refractivity (Wildman–Crippen MR) is 69.1 cm³/mol. The maximum Gasteiger partial charge on any atom is 0.166 e. The molecule has 5 heteroatoms. The van der Waals surface area contributed by atoms with E-state index in [4.69, 9.17) is 14.2 Å². The predicted octanol–water partition coefficient (Wildman–Crippen LogP) is 0.472. The largest absolute Gasteiger partial charge is 0.378 e. The van der Waals surface area contributed by atoms with Crippen LogP contribution in [0.1, 0.15) is 19.3 Å². The van der Waals surface area contributed by atoms with Crippen LogP contribution in [-0.2, 0) is 19.0 Å². The molecule has 0 aromatic carbocycles. The number of hydrogen-bond acceptors (Lipinski definition) is 5. The highest BCUT2D eigenvalue weighted by atomic mass is 16.6. The highest BCUT2D eigenvalue weighted by Crippen LogP contribution is 2.36. The van der Waals surface area contributed by atoms with E-state index in [1.807, 2.05) is 7.05 Å². The minimum Gasteiger partial charge on any atom is -0.378 e. The van der Waals surface area contributed by atoms with Crippen molar-refractivity contribution >= 4 is 5.78 Å². The van der Waals surface area contributed by atoms with Crippen LogP contribution in [0.5, 0.6) is 0 Å². The number of carbonyl (C=O) groups is 1. The normalized spacial score (nSPS) is 40.7. The van der Waals surface area contributed by atoms with Gasteiger partial charge in [-0.2, -0.15) is 0 Å². The quantitative estimate of drug-likeness (QED) is 0.729. The lowest BCUT2D eigenvalue weighted by molar-refractivity contribution is -0.151. The smallest absolute Gasteiger partial charge is 0.166 e. The van der Waals surface area contributed by atoms with E-state index >= 15 is 0 Å². The van der Waals surface area contributed by atoms with Crippen molar-refractivity contribution in [2.45, 2.75) is 31.0 Å². The second-order valence-corrected chi connectivity index (χ2v) is 6.05. The summed E-state index contributed by atoms with van der Waals surface area (Å²) in [6.07, 6.45) is 2.29. The molecule has 0 aromatic rings. The molecule has 5 nitrogen and oxygen atoms in total. The van der Waals surface area contributed by atoms with Crippen LogP contribution in [-0.4, -0.2) is 69.0 Å². The van der Waals surface area contributed by atoms with E-state index in [1.54, 1.807) is 0 Å². The fraction of sp³-hybridized carbons (Fsp3) is 0.929. The summed E-state index contributed by atoms with van der Waals surface area (Å²) in [5.74, 6) is 0.341. The van der Waals surface area contributed by atoms with Gasteiger partial charge in [0.2, 0.25) is 0 Å². The zero-order valence-corrected chi connectivity index (χ0v) is 11.6. The Morgan fingerprint density at radius 1 is 1.32 bits per heavy atom. The van der Waals surface area contributed by atoms with Crippen LogP contribution in [0.4, 0.5) is 0 Å². The first-order valence-electron chi connectivity index (χ1n) is 7.24. The molecule has 3 saturated heterocycles. The number of carbonyl (C=O) groups excluding carboxylic acids is 1. The number of likely N-dealkylation sites (N-methyl/N-ethyl adjacent to an activating group) is 1. The van der Waals surface area contributed by atoms with E-state index < -0.39 is 0 Å². The Morgan fingerprint density at radius 2 is 2.21 bits per heavy atom. The summed E-state index contributed by atoms with van der Waals surface area (Å²) in [6.45, 7) is 4.35. The van der Waals surface area contributed by atoms with Gasteiger partial charge >= 0.3 is 0 Å². The van der Waals surface area contributed by atoms with Crippen LogP contribution in [0.2, 0.25) is 0 Å². The molecule has 19 heavy (non-hydrogen) atoms. The first-order chi connectivity index (χ1) is 9.19. The van der Waals surface area contributed by atoms with Gasteiger partial charge in [-0.05, 0) is 19.9 Å². The molecule has 3 unspecified atom stereocenters. The summed E-state index contributed by atoms with van der Waals surface area (Å²) in [7, 11) is 2.04. The Bertz CT molecular complexity index is 340. The molecule has 3 fully saturated rings. The van der Waals surface area contributed by atoms with Gasteiger partial charge in [0.1, 0.15) is 6.10 Å². The van der Waals surface area contributed by atoms with Crippen LogP contribution >= 0.6 is 0 Å². The Labute approximate surface area is 114 Å². The molecule has 0 saturated carbocycles. The van der Waals surface area contributed by atoms with Crippen molar-refractivity contribution in [2.24, 2.45) is 5.92 Å². The van der Waals surface area contributed by atoms with E-state index in [0.29, 0.717) is 19.8 Å². The zero-order chi connectivity index (χ0) is 13.3. The van der Waals surface area contributed by atoms with Gasteiger partial charge in [0, 0.05) is 38.6 Å². The van der Waals surface area contributed by atoms with E-state index in [0.717, 1.165) is 39.0 Å². The molecular weight excluding hydrogens is 246 g/mol. The van der Waals surface area contributed by atoms with Gasteiger partial charge in [-0.15, -0.1) is 0 Å². The number of ketones is 1. The highest BCUT2D eigenvalue weighted by molar-refractivity contribution is 5.86. The summed E-state index contributed by atoms with van der Waals surface area (Å²) < 4.78 is 17.0. The summed E-state index contributed by atoms with van der Waals surface area (Å²) in [6, 6.07) is 0. The maximum absolute atomic E-state index is 12.6. The number of nitrogens with zero attached hydrogens (tertiary/aromatic N) is 1. The van der Waals surface area contributed by atoms with Crippen molar-refractivity contribution in [3.8, 4) is 0 Å².